The number of aromatic nitrogens is 2. The van der Waals surface area contributed by atoms with Crippen LogP contribution in [0.3, 0.4) is 0 Å². The average molecular weight is 603 g/mol. The quantitative estimate of drug-likeness (QED) is 0.207. The first-order valence-corrected chi connectivity index (χ1v) is 14.4. The summed E-state index contributed by atoms with van der Waals surface area (Å²) in [6, 6.07) is 18.3. The summed E-state index contributed by atoms with van der Waals surface area (Å²) < 4.78 is 35.3. The van der Waals surface area contributed by atoms with Gasteiger partial charge in [-0.05, 0) is 42.0 Å². The zero-order valence-electron chi connectivity index (χ0n) is 20.9. The Labute approximate surface area is 239 Å². The van der Waals surface area contributed by atoms with Gasteiger partial charge in [0.2, 0.25) is 10.0 Å². The van der Waals surface area contributed by atoms with Gasteiger partial charge in [-0.1, -0.05) is 59.6 Å². The largest absolute Gasteiger partial charge is 0.489 e. The molecule has 0 saturated carbocycles. The van der Waals surface area contributed by atoms with Crippen LogP contribution in [-0.4, -0.2) is 40.2 Å². The minimum absolute atomic E-state index is 0.0305. The molecule has 0 bridgehead atoms. The highest BCUT2D eigenvalue weighted by molar-refractivity contribution is 7.89. The van der Waals surface area contributed by atoms with Crippen LogP contribution in [0.25, 0.3) is 0 Å². The summed E-state index contributed by atoms with van der Waals surface area (Å²) in [5, 5.41) is 13.4. The Hall–Kier alpha value is -3.61. The van der Waals surface area contributed by atoms with Gasteiger partial charge in [0.1, 0.15) is 18.4 Å². The van der Waals surface area contributed by atoms with Crippen molar-refractivity contribution in [3.05, 3.63) is 116 Å². The highest BCUT2D eigenvalue weighted by Crippen LogP contribution is 2.33. The molecular weight excluding hydrogens is 579 g/mol. The molecule has 0 radical (unpaired) electrons. The van der Waals surface area contributed by atoms with E-state index < -0.39 is 27.5 Å². The van der Waals surface area contributed by atoms with Crippen LogP contribution in [0.5, 0.6) is 5.75 Å². The molecule has 4 aromatic rings. The number of H-pyrrole nitrogens is 1. The molecule has 208 valence electrons. The van der Waals surface area contributed by atoms with E-state index in [0.29, 0.717) is 27.1 Å². The third-order valence-corrected chi connectivity index (χ3v) is 9.06. The van der Waals surface area contributed by atoms with Crippen LogP contribution >= 0.6 is 23.2 Å². The SMILES string of the molecule is O=C(NO)C1c2c([nH]n(Cc3ccccc3)c2=O)CCN1S(=O)(=O)c1ccc(OCc2ccc(Cl)cc2Cl)cc1. The number of benzene rings is 3. The van der Waals surface area contributed by atoms with Crippen LogP contribution in [0.4, 0.5) is 0 Å². The van der Waals surface area contributed by atoms with Gasteiger partial charge in [-0.25, -0.2) is 18.6 Å². The number of halogens is 2. The number of hydrogen-bond acceptors (Lipinski definition) is 6. The lowest BCUT2D eigenvalue weighted by Crippen LogP contribution is -2.48. The Morgan fingerprint density at radius 1 is 1.07 bits per heavy atom. The molecule has 0 saturated heterocycles. The second kappa shape index (κ2) is 11.5. The number of amides is 1. The van der Waals surface area contributed by atoms with E-state index in [9.17, 15) is 23.2 Å². The van der Waals surface area contributed by atoms with Crippen LogP contribution in [0.2, 0.25) is 10.0 Å². The zero-order chi connectivity index (χ0) is 28.4. The summed E-state index contributed by atoms with van der Waals surface area (Å²) in [7, 11) is -4.26. The Kier molecular flexibility index (Phi) is 8.02. The molecule has 3 aromatic carbocycles. The molecule has 1 aliphatic rings. The van der Waals surface area contributed by atoms with Gasteiger partial charge in [0.15, 0.2) is 0 Å². The van der Waals surface area contributed by atoms with Crippen molar-refractivity contribution in [2.45, 2.75) is 30.5 Å². The maximum Gasteiger partial charge on any atom is 0.272 e. The second-order valence-corrected chi connectivity index (χ2v) is 11.9. The van der Waals surface area contributed by atoms with E-state index in [0.717, 1.165) is 9.87 Å². The maximum absolute atomic E-state index is 13.7. The Morgan fingerprint density at radius 3 is 2.48 bits per heavy atom. The van der Waals surface area contributed by atoms with Crippen LogP contribution < -0.4 is 15.8 Å². The van der Waals surface area contributed by atoms with Crippen molar-refractivity contribution in [3.63, 3.8) is 0 Å². The van der Waals surface area contributed by atoms with Crippen molar-refractivity contribution in [3.8, 4) is 5.75 Å². The number of sulfonamides is 1. The maximum atomic E-state index is 13.7. The summed E-state index contributed by atoms with van der Waals surface area (Å²) in [4.78, 5) is 26.0. The van der Waals surface area contributed by atoms with Crippen molar-refractivity contribution in [2.24, 2.45) is 0 Å². The van der Waals surface area contributed by atoms with Crippen LogP contribution in [0.15, 0.2) is 82.5 Å². The Bertz CT molecular complexity index is 1710. The number of fused-ring (bicyclic) bond motifs is 1. The molecule has 1 atom stereocenters. The molecule has 1 aromatic heterocycles. The molecule has 5 rings (SSSR count). The molecule has 0 fully saturated rings. The molecule has 1 unspecified atom stereocenters. The molecule has 13 heteroatoms. The van der Waals surface area contributed by atoms with Crippen LogP contribution in [0, 0.1) is 0 Å². The summed E-state index contributed by atoms with van der Waals surface area (Å²) in [5.41, 5.74) is 2.93. The number of nitrogens with one attached hydrogen (secondary N) is 2. The summed E-state index contributed by atoms with van der Waals surface area (Å²) in [6.07, 6.45) is 0.170. The molecule has 1 amide bonds. The molecular formula is C27H24Cl2N4O6S. The van der Waals surface area contributed by atoms with Crippen LogP contribution in [0.1, 0.15) is 28.4 Å². The molecule has 10 nitrogen and oxygen atoms in total. The molecule has 1 aliphatic heterocycles. The first kappa shape index (κ1) is 27.9. The van der Waals surface area contributed by atoms with E-state index in [-0.39, 0.29) is 36.6 Å². The predicted molar refractivity (Wildman–Crippen MR) is 148 cm³/mol. The summed E-state index contributed by atoms with van der Waals surface area (Å²) in [5.74, 6) is -0.641. The van der Waals surface area contributed by atoms with Crippen LogP contribution in [-0.2, 0) is 34.4 Å². The fourth-order valence-corrected chi connectivity index (χ4v) is 6.64. The highest BCUT2D eigenvalue weighted by Gasteiger charge is 2.43. The van der Waals surface area contributed by atoms with Crippen molar-refractivity contribution in [2.75, 3.05) is 6.54 Å². The van der Waals surface area contributed by atoms with Gasteiger partial charge in [-0.2, -0.15) is 4.31 Å². The first-order chi connectivity index (χ1) is 19.2. The monoisotopic (exact) mass is 602 g/mol. The van der Waals surface area contributed by atoms with E-state index in [1.54, 1.807) is 18.2 Å². The van der Waals surface area contributed by atoms with Gasteiger partial charge in [0.05, 0.1) is 17.0 Å². The van der Waals surface area contributed by atoms with E-state index in [4.69, 9.17) is 27.9 Å². The fourth-order valence-electron chi connectivity index (χ4n) is 4.62. The van der Waals surface area contributed by atoms with Crippen molar-refractivity contribution >= 4 is 39.1 Å². The molecule has 0 aliphatic carbocycles. The van der Waals surface area contributed by atoms with Gasteiger partial charge in [-0.15, -0.1) is 0 Å². The van der Waals surface area contributed by atoms with E-state index in [2.05, 4.69) is 5.10 Å². The first-order valence-electron chi connectivity index (χ1n) is 12.2. The number of hydrogen-bond donors (Lipinski definition) is 3. The standard InChI is InChI=1S/C27H24Cl2N4O6S/c28-19-7-6-18(22(29)14-19)16-39-20-8-10-21(11-9-20)40(37,38)33-13-12-23-24(25(33)26(34)31-36)27(35)32(30-23)15-17-4-2-1-3-5-17/h1-11,14,25,30,36H,12-13,15-16H2,(H,31,34). The smallest absolute Gasteiger partial charge is 0.272 e. The van der Waals surface area contributed by atoms with Gasteiger partial charge in [0, 0.05) is 34.3 Å². The number of aromatic amines is 1. The van der Waals surface area contributed by atoms with Crippen molar-refractivity contribution in [1.29, 1.82) is 0 Å². The lowest BCUT2D eigenvalue weighted by molar-refractivity contribution is -0.133. The highest BCUT2D eigenvalue weighted by atomic mass is 35.5. The zero-order valence-corrected chi connectivity index (χ0v) is 23.2. The Morgan fingerprint density at radius 2 is 1.80 bits per heavy atom. The molecule has 0 spiro atoms. The topological polar surface area (TPSA) is 134 Å². The predicted octanol–water partition coefficient (Wildman–Crippen LogP) is 3.90. The summed E-state index contributed by atoms with van der Waals surface area (Å²) in [6.45, 7) is 0.250. The number of carbonyl (C=O) groups excluding carboxylic acids is 1. The third kappa shape index (κ3) is 5.51. The number of nitrogens with zero attached hydrogens (tertiary/aromatic N) is 2. The van der Waals surface area contributed by atoms with Gasteiger partial charge >= 0.3 is 0 Å². The van der Waals surface area contributed by atoms with E-state index in [1.807, 2.05) is 30.3 Å². The normalized spacial score (nSPS) is 15.4. The minimum Gasteiger partial charge on any atom is -0.489 e. The number of hydroxylamine groups is 1. The molecule has 3 N–H and O–H groups in total. The van der Waals surface area contributed by atoms with Gasteiger partial charge < -0.3 is 4.74 Å². The number of carbonyl (C=O) groups is 1. The lowest BCUT2D eigenvalue weighted by Gasteiger charge is -2.32. The van der Waals surface area contributed by atoms with Gasteiger partial charge in [0.25, 0.3) is 11.5 Å². The third-order valence-electron chi connectivity index (χ3n) is 6.60. The van der Waals surface area contributed by atoms with E-state index in [1.165, 1.54) is 34.4 Å². The van der Waals surface area contributed by atoms with Crippen molar-refractivity contribution < 1.29 is 23.2 Å². The summed E-state index contributed by atoms with van der Waals surface area (Å²) >= 11 is 12.1. The fraction of sp³-hybridized carbons (Fsp3) is 0.185. The van der Waals surface area contributed by atoms with E-state index >= 15 is 0 Å². The molecule has 40 heavy (non-hydrogen) atoms. The lowest BCUT2D eigenvalue weighted by atomic mass is 10.0. The van der Waals surface area contributed by atoms with Crippen molar-refractivity contribution in [1.82, 2.24) is 19.6 Å². The number of rotatable bonds is 8. The second-order valence-electron chi connectivity index (χ2n) is 9.12. The minimum atomic E-state index is -4.26. The van der Waals surface area contributed by atoms with Gasteiger partial charge in [-0.3, -0.25) is 19.9 Å². The number of ether oxygens (including phenoxy) is 1. The Balaban J connectivity index is 1.40. The molecule has 2 heterocycles. The average Bonchev–Trinajstić information content (AvgIpc) is 3.27.